The molecule has 0 atom stereocenters. The highest BCUT2D eigenvalue weighted by Crippen LogP contribution is 2.19. The van der Waals surface area contributed by atoms with Gasteiger partial charge in [0.15, 0.2) is 11.5 Å². The summed E-state index contributed by atoms with van der Waals surface area (Å²) in [5.74, 6) is 0.615. The molecule has 2 aromatic rings. The normalized spacial score (nSPS) is 10.8. The number of rotatable bonds is 2. The topological polar surface area (TPSA) is 67.2 Å². The van der Waals surface area contributed by atoms with Crippen LogP contribution in [0.2, 0.25) is 0 Å². The molecule has 5 heteroatoms. The SMILES string of the molecule is Cc1nc2cc(NC(=O)NC(C)C)ccc2o1. The fourth-order valence-electron chi connectivity index (χ4n) is 1.55. The fourth-order valence-corrected chi connectivity index (χ4v) is 1.55. The van der Waals surface area contributed by atoms with Crippen molar-refractivity contribution in [3.8, 4) is 0 Å². The van der Waals surface area contributed by atoms with Gasteiger partial charge >= 0.3 is 6.03 Å². The van der Waals surface area contributed by atoms with Crippen LogP contribution in [0.3, 0.4) is 0 Å². The predicted molar refractivity (Wildman–Crippen MR) is 66.0 cm³/mol. The Balaban J connectivity index is 2.16. The molecule has 0 fully saturated rings. The maximum absolute atomic E-state index is 11.5. The molecular formula is C12H15N3O2. The number of benzene rings is 1. The van der Waals surface area contributed by atoms with Crippen molar-refractivity contribution >= 4 is 22.8 Å². The second-order valence-electron chi connectivity index (χ2n) is 4.17. The Labute approximate surface area is 99.2 Å². The Morgan fingerprint density at radius 3 is 2.88 bits per heavy atom. The van der Waals surface area contributed by atoms with Gasteiger partial charge in [0.1, 0.15) is 5.52 Å². The lowest BCUT2D eigenvalue weighted by atomic mass is 10.3. The number of anilines is 1. The molecule has 0 radical (unpaired) electrons. The molecule has 2 N–H and O–H groups in total. The van der Waals surface area contributed by atoms with Gasteiger partial charge in [-0.3, -0.25) is 0 Å². The third kappa shape index (κ3) is 2.75. The summed E-state index contributed by atoms with van der Waals surface area (Å²) in [7, 11) is 0. The highest BCUT2D eigenvalue weighted by Gasteiger charge is 2.06. The summed E-state index contributed by atoms with van der Waals surface area (Å²) in [4.78, 5) is 15.7. The van der Waals surface area contributed by atoms with Crippen molar-refractivity contribution in [2.45, 2.75) is 26.8 Å². The van der Waals surface area contributed by atoms with Crippen molar-refractivity contribution in [3.05, 3.63) is 24.1 Å². The second-order valence-corrected chi connectivity index (χ2v) is 4.17. The third-order valence-corrected chi connectivity index (χ3v) is 2.17. The zero-order chi connectivity index (χ0) is 12.4. The Morgan fingerprint density at radius 1 is 1.41 bits per heavy atom. The largest absolute Gasteiger partial charge is 0.441 e. The van der Waals surface area contributed by atoms with Gasteiger partial charge in [-0.1, -0.05) is 0 Å². The number of carbonyl (C=O) groups is 1. The number of hydrogen-bond acceptors (Lipinski definition) is 3. The van der Waals surface area contributed by atoms with Crippen LogP contribution >= 0.6 is 0 Å². The maximum Gasteiger partial charge on any atom is 0.319 e. The first kappa shape index (κ1) is 11.4. The van der Waals surface area contributed by atoms with Crippen LogP contribution in [-0.2, 0) is 0 Å². The number of urea groups is 1. The summed E-state index contributed by atoms with van der Waals surface area (Å²) >= 11 is 0. The molecule has 0 aliphatic rings. The van der Waals surface area contributed by atoms with E-state index in [1.165, 1.54) is 0 Å². The van der Waals surface area contributed by atoms with Crippen LogP contribution in [0.1, 0.15) is 19.7 Å². The van der Waals surface area contributed by atoms with Gasteiger partial charge in [-0.25, -0.2) is 9.78 Å². The number of oxazole rings is 1. The summed E-state index contributed by atoms with van der Waals surface area (Å²) in [6.07, 6.45) is 0. The molecule has 17 heavy (non-hydrogen) atoms. The zero-order valence-electron chi connectivity index (χ0n) is 10.1. The minimum absolute atomic E-state index is 0.105. The van der Waals surface area contributed by atoms with Crippen molar-refractivity contribution < 1.29 is 9.21 Å². The molecule has 0 unspecified atom stereocenters. The number of nitrogens with zero attached hydrogens (tertiary/aromatic N) is 1. The van der Waals surface area contributed by atoms with Gasteiger partial charge in [-0.15, -0.1) is 0 Å². The van der Waals surface area contributed by atoms with E-state index in [1.807, 2.05) is 13.8 Å². The first-order valence-corrected chi connectivity index (χ1v) is 5.49. The van der Waals surface area contributed by atoms with Crippen molar-refractivity contribution in [2.75, 3.05) is 5.32 Å². The standard InChI is InChI=1S/C12H15N3O2/c1-7(2)13-12(16)15-9-4-5-11-10(6-9)14-8(3)17-11/h4-7H,1-3H3,(H2,13,15,16). The molecule has 1 heterocycles. The van der Waals surface area contributed by atoms with Crippen LogP contribution in [0.15, 0.2) is 22.6 Å². The van der Waals surface area contributed by atoms with E-state index in [0.29, 0.717) is 11.6 Å². The van der Waals surface area contributed by atoms with Gasteiger partial charge in [-0.2, -0.15) is 0 Å². The van der Waals surface area contributed by atoms with Crippen molar-refractivity contribution in [1.29, 1.82) is 0 Å². The van der Waals surface area contributed by atoms with Gasteiger partial charge in [0, 0.05) is 18.7 Å². The molecule has 0 saturated carbocycles. The van der Waals surface area contributed by atoms with E-state index in [2.05, 4.69) is 15.6 Å². The Hall–Kier alpha value is -2.04. The van der Waals surface area contributed by atoms with Crippen LogP contribution in [-0.4, -0.2) is 17.1 Å². The smallest absolute Gasteiger partial charge is 0.319 e. The summed E-state index contributed by atoms with van der Waals surface area (Å²) in [5, 5.41) is 5.49. The summed E-state index contributed by atoms with van der Waals surface area (Å²) in [6.45, 7) is 5.60. The molecular weight excluding hydrogens is 218 g/mol. The van der Waals surface area contributed by atoms with Crippen LogP contribution < -0.4 is 10.6 Å². The highest BCUT2D eigenvalue weighted by atomic mass is 16.3. The Kier molecular flexibility index (Phi) is 2.99. The average molecular weight is 233 g/mol. The predicted octanol–water partition coefficient (Wildman–Crippen LogP) is 2.67. The number of aryl methyl sites for hydroxylation is 1. The van der Waals surface area contributed by atoms with Gasteiger partial charge in [0.2, 0.25) is 0 Å². The first-order chi connectivity index (χ1) is 8.04. The number of aromatic nitrogens is 1. The molecule has 5 nitrogen and oxygen atoms in total. The van der Waals surface area contributed by atoms with Gasteiger partial charge in [-0.05, 0) is 32.0 Å². The molecule has 2 amide bonds. The van der Waals surface area contributed by atoms with E-state index >= 15 is 0 Å². The molecule has 0 bridgehead atoms. The average Bonchev–Trinajstić information content (AvgIpc) is 2.55. The van der Waals surface area contributed by atoms with E-state index in [1.54, 1.807) is 25.1 Å². The first-order valence-electron chi connectivity index (χ1n) is 5.49. The van der Waals surface area contributed by atoms with Crippen molar-refractivity contribution in [2.24, 2.45) is 0 Å². The van der Waals surface area contributed by atoms with Gasteiger partial charge in [0.25, 0.3) is 0 Å². The number of hydrogen-bond donors (Lipinski definition) is 2. The third-order valence-electron chi connectivity index (χ3n) is 2.17. The second kappa shape index (κ2) is 4.45. The van der Waals surface area contributed by atoms with Crippen molar-refractivity contribution in [3.63, 3.8) is 0 Å². The Bertz CT molecular complexity index is 546. The number of amides is 2. The summed E-state index contributed by atoms with van der Waals surface area (Å²) in [5.41, 5.74) is 2.16. The van der Waals surface area contributed by atoms with Crippen LogP contribution in [0, 0.1) is 6.92 Å². The highest BCUT2D eigenvalue weighted by molar-refractivity contribution is 5.91. The zero-order valence-corrected chi connectivity index (χ0v) is 10.1. The van der Waals surface area contributed by atoms with E-state index in [0.717, 1.165) is 11.1 Å². The molecule has 0 spiro atoms. The van der Waals surface area contributed by atoms with Crippen LogP contribution in [0.4, 0.5) is 10.5 Å². The minimum atomic E-state index is -0.223. The minimum Gasteiger partial charge on any atom is -0.441 e. The lowest BCUT2D eigenvalue weighted by molar-refractivity contribution is 0.250. The van der Waals surface area contributed by atoms with Gasteiger partial charge in [0.05, 0.1) is 0 Å². The van der Waals surface area contributed by atoms with Gasteiger partial charge < -0.3 is 15.1 Å². The lowest BCUT2D eigenvalue weighted by Crippen LogP contribution is -2.34. The fraction of sp³-hybridized carbons (Fsp3) is 0.333. The van der Waals surface area contributed by atoms with E-state index in [-0.39, 0.29) is 12.1 Å². The van der Waals surface area contributed by atoms with Crippen LogP contribution in [0.25, 0.3) is 11.1 Å². The molecule has 90 valence electrons. The van der Waals surface area contributed by atoms with E-state index < -0.39 is 0 Å². The van der Waals surface area contributed by atoms with E-state index in [9.17, 15) is 4.79 Å². The molecule has 0 saturated heterocycles. The summed E-state index contributed by atoms with van der Waals surface area (Å²) < 4.78 is 5.35. The summed E-state index contributed by atoms with van der Waals surface area (Å²) in [6, 6.07) is 5.24. The molecule has 0 aliphatic carbocycles. The number of fused-ring (bicyclic) bond motifs is 1. The Morgan fingerprint density at radius 2 is 2.18 bits per heavy atom. The maximum atomic E-state index is 11.5. The number of nitrogens with one attached hydrogen (secondary N) is 2. The van der Waals surface area contributed by atoms with E-state index in [4.69, 9.17) is 4.42 Å². The monoisotopic (exact) mass is 233 g/mol. The quantitative estimate of drug-likeness (QED) is 0.838. The number of carbonyl (C=O) groups excluding carboxylic acids is 1. The lowest BCUT2D eigenvalue weighted by Gasteiger charge is -2.09. The molecule has 1 aromatic carbocycles. The molecule has 2 rings (SSSR count). The van der Waals surface area contributed by atoms with Crippen LogP contribution in [0.5, 0.6) is 0 Å². The molecule has 1 aromatic heterocycles. The molecule has 0 aliphatic heterocycles. The van der Waals surface area contributed by atoms with Crippen molar-refractivity contribution in [1.82, 2.24) is 10.3 Å².